The lowest BCUT2D eigenvalue weighted by Crippen LogP contribution is -2.48. The fourth-order valence-electron chi connectivity index (χ4n) is 4.60. The molecule has 1 aliphatic heterocycles. The van der Waals surface area contributed by atoms with Crippen molar-refractivity contribution >= 4 is 5.69 Å². The Kier molecular flexibility index (Phi) is 5.88. The molecule has 0 radical (unpaired) electrons. The first-order chi connectivity index (χ1) is 16.1. The van der Waals surface area contributed by atoms with E-state index in [1.54, 1.807) is 18.3 Å². The van der Waals surface area contributed by atoms with Crippen LogP contribution in [0.4, 0.5) is 14.5 Å². The van der Waals surface area contributed by atoms with Crippen LogP contribution in [0.5, 0.6) is 0 Å². The number of anilines is 1. The Morgan fingerprint density at radius 2 is 1.67 bits per heavy atom. The van der Waals surface area contributed by atoms with Gasteiger partial charge in [-0.3, -0.25) is 15.0 Å². The molecule has 1 atom stereocenters. The summed E-state index contributed by atoms with van der Waals surface area (Å²) in [5.74, 6) is -0.522. The van der Waals surface area contributed by atoms with Gasteiger partial charge < -0.3 is 4.90 Å². The van der Waals surface area contributed by atoms with Gasteiger partial charge in [-0.25, -0.2) is 8.78 Å². The van der Waals surface area contributed by atoms with Gasteiger partial charge in [0.15, 0.2) is 0 Å². The van der Waals surface area contributed by atoms with Crippen molar-refractivity contribution in [1.82, 2.24) is 20.1 Å². The molecule has 5 rings (SSSR count). The smallest absolute Gasteiger partial charge is 0.132 e. The normalized spacial score (nSPS) is 15.5. The number of rotatable bonds is 5. The highest BCUT2D eigenvalue weighted by Gasteiger charge is 2.29. The summed E-state index contributed by atoms with van der Waals surface area (Å²) in [7, 11) is 0. The lowest BCUT2D eigenvalue weighted by atomic mass is 9.96. The molecule has 1 aliphatic rings. The summed E-state index contributed by atoms with van der Waals surface area (Å²) < 4.78 is 28.1. The summed E-state index contributed by atoms with van der Waals surface area (Å²) in [5.41, 5.74) is 5.21. The van der Waals surface area contributed by atoms with Crippen LogP contribution in [0, 0.1) is 18.6 Å². The van der Waals surface area contributed by atoms with Gasteiger partial charge >= 0.3 is 0 Å². The van der Waals surface area contributed by atoms with Gasteiger partial charge in [0.25, 0.3) is 0 Å². The van der Waals surface area contributed by atoms with Gasteiger partial charge in [0, 0.05) is 49.2 Å². The van der Waals surface area contributed by atoms with Crippen molar-refractivity contribution in [3.63, 3.8) is 0 Å². The quantitative estimate of drug-likeness (QED) is 0.471. The molecule has 1 unspecified atom stereocenters. The monoisotopic (exact) mass is 445 g/mol. The van der Waals surface area contributed by atoms with Gasteiger partial charge in [0.1, 0.15) is 11.6 Å². The zero-order valence-corrected chi connectivity index (χ0v) is 18.4. The maximum Gasteiger partial charge on any atom is 0.132 e. The second kappa shape index (κ2) is 9.11. The first-order valence-electron chi connectivity index (χ1n) is 11.1. The first kappa shape index (κ1) is 21.3. The van der Waals surface area contributed by atoms with E-state index < -0.39 is 0 Å². The fourth-order valence-corrected chi connectivity index (χ4v) is 4.60. The van der Waals surface area contributed by atoms with Crippen LogP contribution in [-0.4, -0.2) is 46.3 Å². The van der Waals surface area contributed by atoms with E-state index in [4.69, 9.17) is 0 Å². The van der Waals surface area contributed by atoms with Crippen molar-refractivity contribution in [3.8, 4) is 11.3 Å². The minimum absolute atomic E-state index is 0.0218. The number of pyridine rings is 1. The number of H-pyrrole nitrogens is 1. The number of hydrogen-bond acceptors (Lipinski definition) is 4. The van der Waals surface area contributed by atoms with Crippen LogP contribution in [0.1, 0.15) is 22.9 Å². The van der Waals surface area contributed by atoms with E-state index in [9.17, 15) is 8.78 Å². The number of aryl methyl sites for hydroxylation is 1. The molecule has 0 saturated carbocycles. The topological polar surface area (TPSA) is 48.1 Å². The molecule has 3 heterocycles. The second-order valence-corrected chi connectivity index (χ2v) is 8.28. The number of aromatic nitrogens is 3. The molecule has 2 aromatic carbocycles. The Bertz CT molecular complexity index is 1230. The summed E-state index contributed by atoms with van der Waals surface area (Å²) in [6.45, 7) is 5.12. The minimum atomic E-state index is -0.275. The van der Waals surface area contributed by atoms with Crippen LogP contribution < -0.4 is 4.90 Å². The number of halogens is 2. The first-order valence-corrected chi connectivity index (χ1v) is 11.1. The van der Waals surface area contributed by atoms with E-state index >= 15 is 0 Å². The molecule has 7 heteroatoms. The zero-order chi connectivity index (χ0) is 22.8. The number of nitrogens with zero attached hydrogens (tertiary/aromatic N) is 4. The highest BCUT2D eigenvalue weighted by molar-refractivity contribution is 5.75. The molecule has 1 saturated heterocycles. The molecule has 2 aromatic heterocycles. The van der Waals surface area contributed by atoms with Gasteiger partial charge in [-0.05, 0) is 48.9 Å². The molecule has 0 amide bonds. The molecule has 4 aromatic rings. The van der Waals surface area contributed by atoms with Crippen LogP contribution in [0.25, 0.3) is 11.3 Å². The average Bonchev–Trinajstić information content (AvgIpc) is 3.27. The molecule has 1 N–H and O–H groups in total. The van der Waals surface area contributed by atoms with E-state index in [0.717, 1.165) is 48.7 Å². The van der Waals surface area contributed by atoms with Gasteiger partial charge in [-0.2, -0.15) is 5.10 Å². The Morgan fingerprint density at radius 3 is 2.36 bits per heavy atom. The maximum absolute atomic E-state index is 14.5. The molecule has 0 spiro atoms. The van der Waals surface area contributed by atoms with E-state index in [0.29, 0.717) is 11.3 Å². The molecule has 168 valence electrons. The predicted octanol–water partition coefficient (Wildman–Crippen LogP) is 4.97. The third kappa shape index (κ3) is 4.24. The molecular formula is C26H25F2N5. The number of hydrogen-bond donors (Lipinski definition) is 1. The molecule has 0 bridgehead atoms. The molecule has 0 aliphatic carbocycles. The summed E-state index contributed by atoms with van der Waals surface area (Å²) >= 11 is 0. The fraction of sp³-hybridized carbons (Fsp3) is 0.231. The summed E-state index contributed by atoms with van der Waals surface area (Å²) in [5, 5.41) is 7.25. The van der Waals surface area contributed by atoms with Crippen LogP contribution >= 0.6 is 0 Å². The van der Waals surface area contributed by atoms with Crippen molar-refractivity contribution in [2.45, 2.75) is 13.0 Å². The standard InChI is InChI=1S/C26H25F2N5/c1-18-22(17-30-31-18)26(19-8-10-20(27)11-9-19)33-15-13-32(14-16-33)24-7-4-12-29-25(24)21-5-2-3-6-23(21)28/h2-12,17,26H,13-16H2,1H3,(H,30,31). The zero-order valence-electron chi connectivity index (χ0n) is 18.4. The van der Waals surface area contributed by atoms with E-state index in [2.05, 4.69) is 25.0 Å². The Labute approximate surface area is 191 Å². The molecular weight excluding hydrogens is 420 g/mol. The van der Waals surface area contributed by atoms with E-state index in [1.165, 1.54) is 18.2 Å². The lowest BCUT2D eigenvalue weighted by molar-refractivity contribution is 0.212. The SMILES string of the molecule is Cc1[nH]ncc1C(c1ccc(F)cc1)N1CCN(c2cccnc2-c2ccccc2F)CC1. The van der Waals surface area contributed by atoms with Crippen LogP contribution in [-0.2, 0) is 0 Å². The molecule has 1 fully saturated rings. The highest BCUT2D eigenvalue weighted by atomic mass is 19.1. The summed E-state index contributed by atoms with van der Waals surface area (Å²) in [4.78, 5) is 9.15. The highest BCUT2D eigenvalue weighted by Crippen LogP contribution is 2.34. The van der Waals surface area contributed by atoms with Crippen molar-refractivity contribution in [2.24, 2.45) is 0 Å². The minimum Gasteiger partial charge on any atom is -0.367 e. The predicted molar refractivity (Wildman–Crippen MR) is 125 cm³/mol. The third-order valence-corrected chi connectivity index (χ3v) is 6.28. The Hall–Kier alpha value is -3.58. The molecule has 33 heavy (non-hydrogen) atoms. The van der Waals surface area contributed by atoms with Crippen molar-refractivity contribution in [1.29, 1.82) is 0 Å². The lowest BCUT2D eigenvalue weighted by Gasteiger charge is -2.40. The van der Waals surface area contributed by atoms with Crippen LogP contribution in [0.15, 0.2) is 73.1 Å². The number of aromatic amines is 1. The van der Waals surface area contributed by atoms with Gasteiger partial charge in [-0.1, -0.05) is 24.3 Å². The van der Waals surface area contributed by atoms with E-state index in [1.807, 2.05) is 43.5 Å². The Balaban J connectivity index is 1.41. The third-order valence-electron chi connectivity index (χ3n) is 6.28. The second-order valence-electron chi connectivity index (χ2n) is 8.28. The maximum atomic E-state index is 14.5. The van der Waals surface area contributed by atoms with Gasteiger partial charge in [0.2, 0.25) is 0 Å². The number of nitrogens with one attached hydrogen (secondary N) is 1. The van der Waals surface area contributed by atoms with E-state index in [-0.39, 0.29) is 17.7 Å². The van der Waals surface area contributed by atoms with Gasteiger partial charge in [-0.15, -0.1) is 0 Å². The Morgan fingerprint density at radius 1 is 0.909 bits per heavy atom. The number of piperazine rings is 1. The van der Waals surface area contributed by atoms with Crippen molar-refractivity contribution in [2.75, 3.05) is 31.1 Å². The average molecular weight is 446 g/mol. The van der Waals surface area contributed by atoms with Gasteiger partial charge in [0.05, 0.1) is 23.6 Å². The summed E-state index contributed by atoms with van der Waals surface area (Å²) in [6.07, 6.45) is 3.56. The van der Waals surface area contributed by atoms with Crippen LogP contribution in [0.3, 0.4) is 0 Å². The van der Waals surface area contributed by atoms with Crippen molar-refractivity contribution in [3.05, 3.63) is 102 Å². The van der Waals surface area contributed by atoms with Crippen molar-refractivity contribution < 1.29 is 8.78 Å². The summed E-state index contributed by atoms with van der Waals surface area (Å²) in [6, 6.07) is 17.3. The largest absolute Gasteiger partial charge is 0.367 e. The molecule has 5 nitrogen and oxygen atoms in total. The van der Waals surface area contributed by atoms with Crippen LogP contribution in [0.2, 0.25) is 0 Å². The number of benzene rings is 2.